The Labute approximate surface area is 244 Å². The highest BCUT2D eigenvalue weighted by Crippen LogP contribution is 2.32. The largest absolute Gasteiger partial charge is 0.478 e. The van der Waals surface area contributed by atoms with Crippen LogP contribution in [0.5, 0.6) is 5.88 Å². The number of ketones is 1. The summed E-state index contributed by atoms with van der Waals surface area (Å²) in [7, 11) is 0. The molecule has 0 radical (unpaired) electrons. The lowest BCUT2D eigenvalue weighted by Crippen LogP contribution is -2.34. The van der Waals surface area contributed by atoms with Crippen LogP contribution in [0.15, 0.2) is 54.6 Å². The summed E-state index contributed by atoms with van der Waals surface area (Å²) in [6.45, 7) is 4.94. The molecular formula is C33H35FN4O4. The molecule has 0 atom stereocenters. The van der Waals surface area contributed by atoms with Crippen molar-refractivity contribution >= 4 is 22.8 Å². The third-order valence-corrected chi connectivity index (χ3v) is 8.66. The number of hydrogen-bond acceptors (Lipinski definition) is 6. The third kappa shape index (κ3) is 6.06. The molecule has 1 N–H and O–H groups in total. The van der Waals surface area contributed by atoms with Crippen LogP contribution >= 0.6 is 0 Å². The molecule has 9 heteroatoms. The lowest BCUT2D eigenvalue weighted by molar-refractivity contribution is 0.0696. The first-order valence-electron chi connectivity index (χ1n) is 14.7. The highest BCUT2D eigenvalue weighted by Gasteiger charge is 2.26. The molecule has 1 aliphatic carbocycles. The van der Waals surface area contributed by atoms with Crippen molar-refractivity contribution in [2.75, 3.05) is 13.1 Å². The monoisotopic (exact) mass is 570 g/mol. The van der Waals surface area contributed by atoms with Gasteiger partial charge in [0.2, 0.25) is 5.88 Å². The fourth-order valence-electron chi connectivity index (χ4n) is 5.98. The average Bonchev–Trinajstić information content (AvgIpc) is 3.30. The van der Waals surface area contributed by atoms with Crippen molar-refractivity contribution < 1.29 is 23.8 Å². The second-order valence-corrected chi connectivity index (χ2v) is 11.6. The van der Waals surface area contributed by atoms with Crippen LogP contribution in [0.3, 0.4) is 0 Å². The van der Waals surface area contributed by atoms with E-state index >= 15 is 0 Å². The van der Waals surface area contributed by atoms with E-state index in [1.807, 2.05) is 18.2 Å². The van der Waals surface area contributed by atoms with E-state index in [-0.39, 0.29) is 18.0 Å². The van der Waals surface area contributed by atoms with Crippen LogP contribution in [-0.4, -0.2) is 49.4 Å². The van der Waals surface area contributed by atoms with Gasteiger partial charge in [-0.3, -0.25) is 9.69 Å². The minimum absolute atomic E-state index is 0.0770. The Morgan fingerprint density at radius 2 is 1.83 bits per heavy atom. The summed E-state index contributed by atoms with van der Waals surface area (Å²) in [6.07, 6.45) is 5.60. The second kappa shape index (κ2) is 12.0. The first-order valence-corrected chi connectivity index (χ1v) is 14.7. The first-order chi connectivity index (χ1) is 20.3. The summed E-state index contributed by atoms with van der Waals surface area (Å²) in [5.74, 6) is 0.666. The summed E-state index contributed by atoms with van der Waals surface area (Å²) in [5, 5.41) is 9.52. The molecule has 4 aromatic rings. The predicted molar refractivity (Wildman–Crippen MR) is 156 cm³/mol. The lowest BCUT2D eigenvalue weighted by Gasteiger charge is -2.32. The molecule has 218 valence electrons. The SMILES string of the molecule is CC(=O)c1ccc(COc2cccc(C3CCN(Cc4nc5ccc(C(=O)O)cc5n4CC4CCC4)CC3)n2)cc1F. The highest BCUT2D eigenvalue weighted by atomic mass is 19.1. The number of fused-ring (bicyclic) bond motifs is 1. The van der Waals surface area contributed by atoms with Gasteiger partial charge in [-0.25, -0.2) is 19.2 Å². The molecule has 0 spiro atoms. The number of nitrogens with zero attached hydrogens (tertiary/aromatic N) is 4. The van der Waals surface area contributed by atoms with Crippen LogP contribution in [0.25, 0.3) is 11.0 Å². The van der Waals surface area contributed by atoms with Crippen LogP contribution < -0.4 is 4.74 Å². The Bertz CT molecular complexity index is 1620. The van der Waals surface area contributed by atoms with Crippen LogP contribution in [0, 0.1) is 11.7 Å². The molecule has 0 unspecified atom stereocenters. The van der Waals surface area contributed by atoms with Crippen molar-refractivity contribution in [3.05, 3.63) is 88.6 Å². The standard InChI is InChI=1S/C33H35FN4O4/c1-21(39)26-10-8-23(16-27(26)34)20-42-32-7-3-6-28(36-32)24-12-14-37(15-13-24)19-31-35-29-11-9-25(33(40)41)17-30(29)38(31)18-22-4-2-5-22/h3,6-11,16-17,22,24H,2,4-5,12-15,18-20H2,1H3,(H,40,41). The number of aromatic carboxylic acids is 1. The fourth-order valence-corrected chi connectivity index (χ4v) is 5.98. The number of carboxylic acid groups (broad SMARTS) is 1. The van der Waals surface area contributed by atoms with Gasteiger partial charge in [0.25, 0.3) is 0 Å². The molecule has 1 saturated carbocycles. The number of likely N-dealkylation sites (tertiary alicyclic amines) is 1. The summed E-state index contributed by atoms with van der Waals surface area (Å²) >= 11 is 0. The number of rotatable bonds is 10. The summed E-state index contributed by atoms with van der Waals surface area (Å²) in [6, 6.07) is 15.5. The van der Waals surface area contributed by atoms with Gasteiger partial charge in [-0.05, 0) is 93.6 Å². The molecule has 1 saturated heterocycles. The van der Waals surface area contributed by atoms with Gasteiger partial charge in [-0.2, -0.15) is 0 Å². The van der Waals surface area contributed by atoms with E-state index in [4.69, 9.17) is 14.7 Å². The topological polar surface area (TPSA) is 97.5 Å². The Kier molecular flexibility index (Phi) is 8.02. The van der Waals surface area contributed by atoms with Crippen LogP contribution in [0.4, 0.5) is 4.39 Å². The molecule has 8 nitrogen and oxygen atoms in total. The van der Waals surface area contributed by atoms with E-state index in [1.165, 1.54) is 38.3 Å². The van der Waals surface area contributed by atoms with Crippen molar-refractivity contribution in [1.29, 1.82) is 0 Å². The van der Waals surface area contributed by atoms with E-state index in [1.54, 1.807) is 24.3 Å². The highest BCUT2D eigenvalue weighted by molar-refractivity contribution is 5.94. The van der Waals surface area contributed by atoms with Gasteiger partial charge >= 0.3 is 5.97 Å². The zero-order valence-corrected chi connectivity index (χ0v) is 23.8. The van der Waals surface area contributed by atoms with Crippen molar-refractivity contribution in [2.45, 2.75) is 64.6 Å². The number of carbonyl (C=O) groups is 2. The van der Waals surface area contributed by atoms with Crippen molar-refractivity contribution in [3.8, 4) is 5.88 Å². The number of hydrogen-bond donors (Lipinski definition) is 1. The van der Waals surface area contributed by atoms with E-state index < -0.39 is 11.8 Å². The smallest absolute Gasteiger partial charge is 0.335 e. The quantitative estimate of drug-likeness (QED) is 0.226. The number of aromatic nitrogens is 3. The predicted octanol–water partition coefficient (Wildman–Crippen LogP) is 6.23. The van der Waals surface area contributed by atoms with Gasteiger partial charge in [-0.15, -0.1) is 0 Å². The third-order valence-electron chi connectivity index (χ3n) is 8.66. The molecule has 2 aromatic carbocycles. The molecule has 3 heterocycles. The van der Waals surface area contributed by atoms with Crippen molar-refractivity contribution in [3.63, 3.8) is 0 Å². The summed E-state index contributed by atoms with van der Waals surface area (Å²) in [4.78, 5) is 35.2. The molecule has 2 aliphatic rings. The van der Waals surface area contributed by atoms with Gasteiger partial charge in [-0.1, -0.05) is 18.6 Å². The minimum atomic E-state index is -0.919. The Morgan fingerprint density at radius 3 is 2.52 bits per heavy atom. The number of imidazole rings is 1. The number of ether oxygens (including phenoxy) is 1. The number of pyridine rings is 1. The zero-order valence-electron chi connectivity index (χ0n) is 23.8. The number of halogens is 1. The van der Waals surface area contributed by atoms with E-state index in [0.29, 0.717) is 28.8 Å². The number of carboxylic acids is 1. The van der Waals surface area contributed by atoms with Gasteiger partial charge < -0.3 is 14.4 Å². The molecule has 42 heavy (non-hydrogen) atoms. The summed E-state index contributed by atoms with van der Waals surface area (Å²) in [5.41, 5.74) is 3.76. The van der Waals surface area contributed by atoms with E-state index in [2.05, 4.69) is 9.47 Å². The first kappa shape index (κ1) is 28.0. The number of benzene rings is 2. The van der Waals surface area contributed by atoms with E-state index in [0.717, 1.165) is 61.6 Å². The molecule has 0 bridgehead atoms. The van der Waals surface area contributed by atoms with Gasteiger partial charge in [0.1, 0.15) is 18.2 Å². The zero-order chi connectivity index (χ0) is 29.2. The normalized spacial score (nSPS) is 16.4. The fraction of sp³-hybridized carbons (Fsp3) is 0.394. The van der Waals surface area contributed by atoms with Crippen molar-refractivity contribution in [2.24, 2.45) is 5.92 Å². The average molecular weight is 571 g/mol. The molecule has 6 rings (SSSR count). The lowest BCUT2D eigenvalue weighted by atomic mass is 9.85. The number of piperidine rings is 1. The van der Waals surface area contributed by atoms with Gasteiger partial charge in [0.05, 0.1) is 28.7 Å². The Balaban J connectivity index is 1.09. The Morgan fingerprint density at radius 1 is 1.02 bits per heavy atom. The number of Topliss-reactive ketones (excluding diaryl/α,β-unsaturated/α-hetero) is 1. The van der Waals surface area contributed by atoms with Crippen LogP contribution in [0.2, 0.25) is 0 Å². The maximum atomic E-state index is 14.2. The summed E-state index contributed by atoms with van der Waals surface area (Å²) < 4.78 is 22.3. The van der Waals surface area contributed by atoms with Crippen LogP contribution in [0.1, 0.15) is 82.7 Å². The second-order valence-electron chi connectivity index (χ2n) is 11.6. The molecule has 2 fully saturated rings. The molecule has 0 amide bonds. The number of carbonyl (C=O) groups excluding carboxylic acids is 1. The van der Waals surface area contributed by atoms with E-state index in [9.17, 15) is 19.1 Å². The van der Waals surface area contributed by atoms with Gasteiger partial charge in [0, 0.05) is 24.2 Å². The molecule has 1 aliphatic heterocycles. The molecule has 2 aromatic heterocycles. The maximum absolute atomic E-state index is 14.2. The Hall–Kier alpha value is -4.11. The van der Waals surface area contributed by atoms with Gasteiger partial charge in [0.15, 0.2) is 5.78 Å². The van der Waals surface area contributed by atoms with Crippen molar-refractivity contribution in [1.82, 2.24) is 19.4 Å². The maximum Gasteiger partial charge on any atom is 0.335 e. The molecular weight excluding hydrogens is 535 g/mol. The van der Waals surface area contributed by atoms with Crippen LogP contribution in [-0.2, 0) is 19.7 Å². The minimum Gasteiger partial charge on any atom is -0.478 e.